The molecule has 1 aromatic heterocycles. The Morgan fingerprint density at radius 2 is 2.09 bits per heavy atom. The summed E-state index contributed by atoms with van der Waals surface area (Å²) >= 11 is 0. The van der Waals surface area contributed by atoms with Crippen LogP contribution in [0.2, 0.25) is 0 Å². The molecule has 0 spiro atoms. The van der Waals surface area contributed by atoms with Crippen LogP contribution in [0.25, 0.3) is 10.9 Å². The molecule has 2 rings (SSSR count). The Hall–Kier alpha value is -2.38. The second-order valence-corrected chi connectivity index (χ2v) is 5.07. The van der Waals surface area contributed by atoms with Gasteiger partial charge in [0.25, 0.3) is 0 Å². The van der Waals surface area contributed by atoms with Gasteiger partial charge in [0.05, 0.1) is 13.2 Å². The molecule has 1 atom stereocenters. The van der Waals surface area contributed by atoms with Gasteiger partial charge in [0.2, 0.25) is 5.91 Å². The predicted molar refractivity (Wildman–Crippen MR) is 84.3 cm³/mol. The van der Waals surface area contributed by atoms with E-state index in [0.29, 0.717) is 6.61 Å². The number of benzene rings is 1. The number of hydrogen-bond acceptors (Lipinski definition) is 4. The molecule has 0 fully saturated rings. The standard InChI is InChI=1S/C16H20N2O5/c1-22-6-7-23-10-15(19)18-14(16(20)21)8-11-9-17-13-5-3-2-4-12(11)13/h2-5,9,14,17H,6-8,10H2,1H3,(H,18,19)(H,20,21). The van der Waals surface area contributed by atoms with Crippen LogP contribution in [0.4, 0.5) is 0 Å². The zero-order valence-corrected chi connectivity index (χ0v) is 12.9. The number of H-pyrrole nitrogens is 1. The first-order valence-corrected chi connectivity index (χ1v) is 7.25. The molecule has 0 radical (unpaired) electrons. The summed E-state index contributed by atoms with van der Waals surface area (Å²) < 4.78 is 9.89. The molecule has 23 heavy (non-hydrogen) atoms. The second kappa shape index (κ2) is 8.30. The van der Waals surface area contributed by atoms with Crippen LogP contribution >= 0.6 is 0 Å². The topological polar surface area (TPSA) is 101 Å². The molecule has 0 saturated heterocycles. The maximum Gasteiger partial charge on any atom is 0.326 e. The smallest absolute Gasteiger partial charge is 0.326 e. The van der Waals surface area contributed by atoms with E-state index in [1.807, 2.05) is 24.3 Å². The summed E-state index contributed by atoms with van der Waals surface area (Å²) in [5.74, 6) is -1.55. The number of amides is 1. The quantitative estimate of drug-likeness (QED) is 0.597. The molecule has 0 bridgehead atoms. The van der Waals surface area contributed by atoms with Gasteiger partial charge in [-0.15, -0.1) is 0 Å². The lowest BCUT2D eigenvalue weighted by molar-refractivity contribution is -0.142. The van der Waals surface area contributed by atoms with Crippen molar-refractivity contribution >= 4 is 22.8 Å². The third kappa shape index (κ3) is 4.80. The first kappa shape index (κ1) is 17.0. The van der Waals surface area contributed by atoms with Gasteiger partial charge in [-0.05, 0) is 11.6 Å². The second-order valence-electron chi connectivity index (χ2n) is 5.07. The number of carboxylic acid groups (broad SMARTS) is 1. The number of methoxy groups -OCH3 is 1. The highest BCUT2D eigenvalue weighted by molar-refractivity contribution is 5.87. The van der Waals surface area contributed by atoms with E-state index in [2.05, 4.69) is 10.3 Å². The molecule has 2 aromatic rings. The van der Waals surface area contributed by atoms with Gasteiger partial charge in [0.15, 0.2) is 0 Å². The minimum Gasteiger partial charge on any atom is -0.480 e. The van der Waals surface area contributed by atoms with E-state index in [4.69, 9.17) is 9.47 Å². The maximum absolute atomic E-state index is 11.8. The highest BCUT2D eigenvalue weighted by Gasteiger charge is 2.21. The van der Waals surface area contributed by atoms with Crippen LogP contribution in [0.5, 0.6) is 0 Å². The summed E-state index contributed by atoms with van der Waals surface area (Å²) in [4.78, 5) is 26.2. The number of carboxylic acids is 1. The monoisotopic (exact) mass is 320 g/mol. The van der Waals surface area contributed by atoms with E-state index < -0.39 is 17.9 Å². The van der Waals surface area contributed by atoms with Gasteiger partial charge in [0, 0.05) is 30.6 Å². The number of hydrogen-bond donors (Lipinski definition) is 3. The molecular formula is C16H20N2O5. The number of aromatic amines is 1. The van der Waals surface area contributed by atoms with Gasteiger partial charge in [-0.3, -0.25) is 4.79 Å². The van der Waals surface area contributed by atoms with Crippen molar-refractivity contribution < 1.29 is 24.2 Å². The zero-order valence-electron chi connectivity index (χ0n) is 12.9. The number of aliphatic carboxylic acids is 1. The molecule has 1 amide bonds. The minimum absolute atomic E-state index is 0.193. The summed E-state index contributed by atoms with van der Waals surface area (Å²) in [6, 6.07) is 6.61. The fourth-order valence-corrected chi connectivity index (χ4v) is 2.26. The molecule has 1 heterocycles. The van der Waals surface area contributed by atoms with Crippen molar-refractivity contribution in [3.8, 4) is 0 Å². The molecule has 124 valence electrons. The lowest BCUT2D eigenvalue weighted by Gasteiger charge is -2.14. The molecule has 0 aliphatic rings. The van der Waals surface area contributed by atoms with Gasteiger partial charge >= 0.3 is 5.97 Å². The molecule has 0 aliphatic heterocycles. The molecule has 1 unspecified atom stereocenters. The molecule has 0 saturated carbocycles. The van der Waals surface area contributed by atoms with Crippen molar-refractivity contribution in [1.82, 2.24) is 10.3 Å². The SMILES string of the molecule is COCCOCC(=O)NC(Cc1c[nH]c2ccccc12)C(=O)O. The van der Waals surface area contributed by atoms with Crippen molar-refractivity contribution in [3.63, 3.8) is 0 Å². The summed E-state index contributed by atoms with van der Waals surface area (Å²) in [5, 5.41) is 12.7. The summed E-state index contributed by atoms with van der Waals surface area (Å²) in [6.07, 6.45) is 1.96. The van der Waals surface area contributed by atoms with E-state index in [0.717, 1.165) is 16.5 Å². The Bertz CT molecular complexity index is 667. The van der Waals surface area contributed by atoms with Gasteiger partial charge in [-0.1, -0.05) is 18.2 Å². The van der Waals surface area contributed by atoms with Crippen molar-refractivity contribution in [2.24, 2.45) is 0 Å². The average Bonchev–Trinajstić information content (AvgIpc) is 2.94. The van der Waals surface area contributed by atoms with E-state index in [9.17, 15) is 14.7 Å². The van der Waals surface area contributed by atoms with E-state index in [-0.39, 0.29) is 19.6 Å². The van der Waals surface area contributed by atoms with Crippen LogP contribution < -0.4 is 5.32 Å². The highest BCUT2D eigenvalue weighted by Crippen LogP contribution is 2.19. The van der Waals surface area contributed by atoms with Crippen LogP contribution in [-0.2, 0) is 25.5 Å². The lowest BCUT2D eigenvalue weighted by Crippen LogP contribution is -2.44. The number of ether oxygens (including phenoxy) is 2. The highest BCUT2D eigenvalue weighted by atomic mass is 16.5. The maximum atomic E-state index is 11.8. The van der Waals surface area contributed by atoms with E-state index >= 15 is 0 Å². The number of rotatable bonds is 9. The average molecular weight is 320 g/mol. The number of carbonyl (C=O) groups excluding carboxylic acids is 1. The molecule has 0 aliphatic carbocycles. The van der Waals surface area contributed by atoms with Crippen LogP contribution in [0.1, 0.15) is 5.56 Å². The van der Waals surface area contributed by atoms with Crippen molar-refractivity contribution in [2.45, 2.75) is 12.5 Å². The molecule has 3 N–H and O–H groups in total. The van der Waals surface area contributed by atoms with Gasteiger partial charge in [-0.2, -0.15) is 0 Å². The van der Waals surface area contributed by atoms with Gasteiger partial charge in [0.1, 0.15) is 12.6 Å². The Morgan fingerprint density at radius 3 is 2.83 bits per heavy atom. The molecular weight excluding hydrogens is 300 g/mol. The summed E-state index contributed by atoms with van der Waals surface area (Å²) in [5.41, 5.74) is 1.77. The first-order valence-electron chi connectivity index (χ1n) is 7.25. The largest absolute Gasteiger partial charge is 0.480 e. The molecule has 7 nitrogen and oxygen atoms in total. The van der Waals surface area contributed by atoms with Crippen molar-refractivity contribution in [1.29, 1.82) is 0 Å². The number of carbonyl (C=O) groups is 2. The zero-order chi connectivity index (χ0) is 16.7. The van der Waals surface area contributed by atoms with E-state index in [1.54, 1.807) is 6.20 Å². The minimum atomic E-state index is -1.08. The third-order valence-electron chi connectivity index (χ3n) is 3.40. The predicted octanol–water partition coefficient (Wildman–Crippen LogP) is 0.943. The van der Waals surface area contributed by atoms with Crippen LogP contribution in [0, 0.1) is 0 Å². The number of para-hydroxylation sites is 1. The fourth-order valence-electron chi connectivity index (χ4n) is 2.26. The fraction of sp³-hybridized carbons (Fsp3) is 0.375. The lowest BCUT2D eigenvalue weighted by atomic mass is 10.1. The number of nitrogens with one attached hydrogen (secondary N) is 2. The van der Waals surface area contributed by atoms with Crippen molar-refractivity contribution in [2.75, 3.05) is 26.9 Å². The normalized spacial score (nSPS) is 12.2. The van der Waals surface area contributed by atoms with Crippen molar-refractivity contribution in [3.05, 3.63) is 36.0 Å². The van der Waals surface area contributed by atoms with Crippen LogP contribution in [0.15, 0.2) is 30.5 Å². The Morgan fingerprint density at radius 1 is 1.30 bits per heavy atom. The molecule has 1 aromatic carbocycles. The van der Waals surface area contributed by atoms with Crippen LogP contribution in [-0.4, -0.2) is 54.9 Å². The number of fused-ring (bicyclic) bond motifs is 1. The van der Waals surface area contributed by atoms with Gasteiger partial charge in [-0.25, -0.2) is 4.79 Å². The first-order chi connectivity index (χ1) is 11.1. The van der Waals surface area contributed by atoms with Gasteiger partial charge < -0.3 is 24.9 Å². The summed E-state index contributed by atoms with van der Waals surface area (Å²) in [6.45, 7) is 0.468. The Kier molecular flexibility index (Phi) is 6.13. The third-order valence-corrected chi connectivity index (χ3v) is 3.40. The molecule has 7 heteroatoms. The summed E-state index contributed by atoms with van der Waals surface area (Å²) in [7, 11) is 1.53. The Labute approximate surface area is 133 Å². The number of aromatic nitrogens is 1. The van der Waals surface area contributed by atoms with Crippen LogP contribution in [0.3, 0.4) is 0 Å². The van der Waals surface area contributed by atoms with E-state index in [1.165, 1.54) is 7.11 Å². The Balaban J connectivity index is 1.96.